The monoisotopic (exact) mass is 286 g/mol. The standard InChI is InChI=1S/C15H30N2O3/c1-11(2)13(17-12-7-6-8-19-10-12)9-16-14(18)20-15(3,4)5/h11-13,17H,6-10H2,1-5H3,(H,16,18). The first kappa shape index (κ1) is 17.2. The van der Waals surface area contributed by atoms with Crippen molar-refractivity contribution in [3.05, 3.63) is 0 Å². The number of hydrogen-bond donors (Lipinski definition) is 2. The van der Waals surface area contributed by atoms with Gasteiger partial charge >= 0.3 is 6.09 Å². The van der Waals surface area contributed by atoms with Crippen LogP contribution >= 0.6 is 0 Å². The fraction of sp³-hybridized carbons (Fsp3) is 0.933. The summed E-state index contributed by atoms with van der Waals surface area (Å²) in [6.07, 6.45) is 1.88. The maximum atomic E-state index is 11.7. The molecule has 1 aliphatic rings. The second-order valence-electron chi connectivity index (χ2n) is 6.81. The van der Waals surface area contributed by atoms with Crippen molar-refractivity contribution in [1.29, 1.82) is 0 Å². The summed E-state index contributed by atoms with van der Waals surface area (Å²) in [5.41, 5.74) is -0.456. The van der Waals surface area contributed by atoms with E-state index in [1.54, 1.807) is 0 Å². The minimum Gasteiger partial charge on any atom is -0.444 e. The van der Waals surface area contributed by atoms with Crippen LogP contribution in [0.15, 0.2) is 0 Å². The second kappa shape index (κ2) is 7.84. The van der Waals surface area contributed by atoms with Crippen LogP contribution in [0, 0.1) is 5.92 Å². The Hall–Kier alpha value is -0.810. The van der Waals surface area contributed by atoms with Gasteiger partial charge in [-0.2, -0.15) is 0 Å². The van der Waals surface area contributed by atoms with E-state index in [1.165, 1.54) is 0 Å². The van der Waals surface area contributed by atoms with Crippen molar-refractivity contribution >= 4 is 6.09 Å². The maximum absolute atomic E-state index is 11.7. The molecule has 0 aliphatic carbocycles. The molecule has 1 amide bonds. The fourth-order valence-electron chi connectivity index (χ4n) is 2.17. The van der Waals surface area contributed by atoms with Gasteiger partial charge in [-0.15, -0.1) is 0 Å². The highest BCUT2D eigenvalue weighted by molar-refractivity contribution is 5.67. The Labute approximate surface area is 122 Å². The van der Waals surface area contributed by atoms with Crippen LogP contribution in [-0.4, -0.2) is 43.5 Å². The van der Waals surface area contributed by atoms with E-state index in [-0.39, 0.29) is 12.1 Å². The van der Waals surface area contributed by atoms with Crippen LogP contribution < -0.4 is 10.6 Å². The van der Waals surface area contributed by atoms with E-state index >= 15 is 0 Å². The van der Waals surface area contributed by atoms with Gasteiger partial charge in [0.2, 0.25) is 0 Å². The third-order valence-corrected chi connectivity index (χ3v) is 3.28. The number of alkyl carbamates (subject to hydrolysis) is 1. The molecule has 2 atom stereocenters. The van der Waals surface area contributed by atoms with Crippen LogP contribution in [0.5, 0.6) is 0 Å². The second-order valence-corrected chi connectivity index (χ2v) is 6.81. The fourth-order valence-corrected chi connectivity index (χ4v) is 2.17. The molecule has 118 valence electrons. The lowest BCUT2D eigenvalue weighted by molar-refractivity contribution is 0.0498. The molecule has 0 saturated carbocycles. The molecule has 0 aromatic carbocycles. The topological polar surface area (TPSA) is 59.6 Å². The van der Waals surface area contributed by atoms with Crippen LogP contribution in [0.3, 0.4) is 0 Å². The molecule has 1 rings (SSSR count). The Morgan fingerprint density at radius 2 is 2.10 bits per heavy atom. The molecule has 1 fully saturated rings. The predicted molar refractivity (Wildman–Crippen MR) is 79.8 cm³/mol. The molecule has 0 radical (unpaired) electrons. The Balaban J connectivity index is 2.36. The summed E-state index contributed by atoms with van der Waals surface area (Å²) in [6, 6.07) is 0.616. The molecule has 0 aromatic rings. The van der Waals surface area contributed by atoms with Crippen LogP contribution in [0.1, 0.15) is 47.5 Å². The average Bonchev–Trinajstić information content (AvgIpc) is 2.33. The highest BCUT2D eigenvalue weighted by atomic mass is 16.6. The third-order valence-electron chi connectivity index (χ3n) is 3.28. The summed E-state index contributed by atoms with van der Waals surface area (Å²) < 4.78 is 10.7. The van der Waals surface area contributed by atoms with Crippen LogP contribution in [0.4, 0.5) is 4.79 Å². The zero-order valence-electron chi connectivity index (χ0n) is 13.5. The summed E-state index contributed by atoms with van der Waals surface area (Å²) in [7, 11) is 0. The van der Waals surface area contributed by atoms with Gasteiger partial charge in [0.15, 0.2) is 0 Å². The molecule has 5 heteroatoms. The summed E-state index contributed by atoms with van der Waals surface area (Å²) in [5, 5.41) is 6.42. The van der Waals surface area contributed by atoms with Crippen LogP contribution in [-0.2, 0) is 9.47 Å². The molecule has 2 N–H and O–H groups in total. The van der Waals surface area contributed by atoms with Crippen molar-refractivity contribution in [1.82, 2.24) is 10.6 Å². The molecule has 5 nitrogen and oxygen atoms in total. The van der Waals surface area contributed by atoms with Gasteiger partial charge in [-0.05, 0) is 39.5 Å². The van der Waals surface area contributed by atoms with Crippen molar-refractivity contribution in [2.75, 3.05) is 19.8 Å². The lowest BCUT2D eigenvalue weighted by Gasteiger charge is -2.31. The first-order valence-corrected chi connectivity index (χ1v) is 7.58. The quantitative estimate of drug-likeness (QED) is 0.814. The number of ether oxygens (including phenoxy) is 2. The number of amides is 1. The largest absolute Gasteiger partial charge is 0.444 e. The van der Waals surface area contributed by atoms with E-state index in [9.17, 15) is 4.79 Å². The van der Waals surface area contributed by atoms with Gasteiger partial charge in [-0.3, -0.25) is 0 Å². The zero-order chi connectivity index (χ0) is 15.2. The van der Waals surface area contributed by atoms with E-state index in [1.807, 2.05) is 20.8 Å². The Kier molecular flexibility index (Phi) is 6.76. The van der Waals surface area contributed by atoms with Crippen molar-refractivity contribution in [3.8, 4) is 0 Å². The maximum Gasteiger partial charge on any atom is 0.407 e. The van der Waals surface area contributed by atoms with Crippen LogP contribution in [0.2, 0.25) is 0 Å². The number of hydrogen-bond acceptors (Lipinski definition) is 4. The van der Waals surface area contributed by atoms with E-state index < -0.39 is 5.60 Å². The SMILES string of the molecule is CC(C)C(CNC(=O)OC(C)(C)C)NC1CCCOC1. The molecule has 0 bridgehead atoms. The first-order valence-electron chi connectivity index (χ1n) is 7.58. The van der Waals surface area contributed by atoms with Crippen molar-refractivity contribution in [2.45, 2.75) is 65.1 Å². The molecule has 1 aliphatic heterocycles. The van der Waals surface area contributed by atoms with E-state index in [2.05, 4.69) is 24.5 Å². The van der Waals surface area contributed by atoms with Gasteiger partial charge in [-0.1, -0.05) is 13.8 Å². The lowest BCUT2D eigenvalue weighted by atomic mass is 10.0. The predicted octanol–water partition coefficient (Wildman–Crippen LogP) is 2.30. The summed E-state index contributed by atoms with van der Waals surface area (Å²) in [5.74, 6) is 0.437. The Bertz CT molecular complexity index is 294. The minimum atomic E-state index is -0.456. The molecule has 0 aromatic heterocycles. The molecular formula is C15H30N2O3. The van der Waals surface area contributed by atoms with Gasteiger partial charge < -0.3 is 20.1 Å². The Morgan fingerprint density at radius 1 is 1.40 bits per heavy atom. The average molecular weight is 286 g/mol. The van der Waals surface area contributed by atoms with Gasteiger partial charge in [-0.25, -0.2) is 4.79 Å². The highest BCUT2D eigenvalue weighted by Gasteiger charge is 2.22. The van der Waals surface area contributed by atoms with Crippen molar-refractivity contribution in [3.63, 3.8) is 0 Å². The molecular weight excluding hydrogens is 256 g/mol. The van der Waals surface area contributed by atoms with Gasteiger partial charge in [0.1, 0.15) is 5.60 Å². The summed E-state index contributed by atoms with van der Waals surface area (Å²) in [4.78, 5) is 11.7. The zero-order valence-corrected chi connectivity index (χ0v) is 13.5. The van der Waals surface area contributed by atoms with E-state index in [4.69, 9.17) is 9.47 Å². The molecule has 0 spiro atoms. The molecule has 20 heavy (non-hydrogen) atoms. The van der Waals surface area contributed by atoms with Gasteiger partial charge in [0, 0.05) is 25.2 Å². The highest BCUT2D eigenvalue weighted by Crippen LogP contribution is 2.10. The van der Waals surface area contributed by atoms with Crippen LogP contribution in [0.25, 0.3) is 0 Å². The lowest BCUT2D eigenvalue weighted by Crippen LogP contribution is -2.51. The van der Waals surface area contributed by atoms with Gasteiger partial charge in [0.25, 0.3) is 0 Å². The van der Waals surface area contributed by atoms with Crippen molar-refractivity contribution in [2.24, 2.45) is 5.92 Å². The molecule has 1 saturated heterocycles. The molecule has 1 heterocycles. The number of carbonyl (C=O) groups excluding carboxylic acids is 1. The van der Waals surface area contributed by atoms with Crippen molar-refractivity contribution < 1.29 is 14.3 Å². The summed E-state index contributed by atoms with van der Waals surface area (Å²) in [6.45, 7) is 12.1. The number of nitrogens with one attached hydrogen (secondary N) is 2. The minimum absolute atomic E-state index is 0.231. The van der Waals surface area contributed by atoms with Gasteiger partial charge in [0.05, 0.1) is 6.61 Å². The third kappa shape index (κ3) is 7.10. The first-order chi connectivity index (χ1) is 9.28. The molecule has 2 unspecified atom stereocenters. The number of rotatable bonds is 5. The number of carbonyl (C=O) groups is 1. The smallest absolute Gasteiger partial charge is 0.407 e. The van der Waals surface area contributed by atoms with E-state index in [0.29, 0.717) is 18.5 Å². The normalized spacial score (nSPS) is 21.6. The summed E-state index contributed by atoms with van der Waals surface area (Å²) >= 11 is 0. The Morgan fingerprint density at radius 3 is 2.60 bits per heavy atom. The van der Waals surface area contributed by atoms with E-state index in [0.717, 1.165) is 26.1 Å².